The fraction of sp³-hybridized carbons (Fsp3) is 0.150. The van der Waals surface area contributed by atoms with Gasteiger partial charge in [-0.05, 0) is 47.7 Å². The molecule has 8 heteroatoms. The van der Waals surface area contributed by atoms with Gasteiger partial charge in [0.15, 0.2) is 0 Å². The molecule has 0 aliphatic rings. The van der Waals surface area contributed by atoms with Crippen LogP contribution in [0.25, 0.3) is 16.2 Å². The molecular weight excluding hydrogens is 398 g/mol. The highest BCUT2D eigenvalue weighted by atomic mass is 32.2. The van der Waals surface area contributed by atoms with E-state index in [4.69, 9.17) is 9.47 Å². The van der Waals surface area contributed by atoms with E-state index in [2.05, 4.69) is 4.72 Å². The molecule has 0 fully saturated rings. The standard InChI is InChI=1S/C20H19NO5S2/c1-21-28(23,24)19-11-14(7-9-17(19)25-2)8-10-20(22)26-12-15-13-27-18-6-4-3-5-16(15)18/h3-11,13,21H,12H2,1-2H3/b10-8+. The molecule has 0 amide bonds. The average Bonchev–Trinajstić information content (AvgIpc) is 3.13. The Labute approximate surface area is 167 Å². The first-order chi connectivity index (χ1) is 13.4. The van der Waals surface area contributed by atoms with Crippen molar-refractivity contribution in [2.24, 2.45) is 0 Å². The maximum absolute atomic E-state index is 12.1. The lowest BCUT2D eigenvalue weighted by Crippen LogP contribution is -2.19. The molecule has 28 heavy (non-hydrogen) atoms. The minimum atomic E-state index is -3.69. The molecule has 1 N–H and O–H groups in total. The van der Waals surface area contributed by atoms with Crippen LogP contribution < -0.4 is 9.46 Å². The highest BCUT2D eigenvalue weighted by molar-refractivity contribution is 7.89. The Morgan fingerprint density at radius 3 is 2.75 bits per heavy atom. The van der Waals surface area contributed by atoms with Gasteiger partial charge in [0.25, 0.3) is 0 Å². The summed E-state index contributed by atoms with van der Waals surface area (Å²) in [6.07, 6.45) is 2.77. The summed E-state index contributed by atoms with van der Waals surface area (Å²) in [5, 5.41) is 3.04. The van der Waals surface area contributed by atoms with Crippen molar-refractivity contribution < 1.29 is 22.7 Å². The SMILES string of the molecule is CNS(=O)(=O)c1cc(/C=C/C(=O)OCc2csc3ccccc23)ccc1OC. The summed E-state index contributed by atoms with van der Waals surface area (Å²) in [4.78, 5) is 12.0. The molecule has 146 valence electrons. The number of benzene rings is 2. The normalized spacial score (nSPS) is 11.8. The van der Waals surface area contributed by atoms with E-state index in [9.17, 15) is 13.2 Å². The Kier molecular flexibility index (Phi) is 6.13. The Morgan fingerprint density at radius 2 is 2.00 bits per heavy atom. The molecule has 3 rings (SSSR count). The maximum Gasteiger partial charge on any atom is 0.331 e. The van der Waals surface area contributed by atoms with Crippen molar-refractivity contribution in [3.8, 4) is 5.75 Å². The number of fused-ring (bicyclic) bond motifs is 1. The number of hydrogen-bond donors (Lipinski definition) is 1. The summed E-state index contributed by atoms with van der Waals surface area (Å²) in [5.74, 6) is -0.289. The second kappa shape index (κ2) is 8.55. The second-order valence-corrected chi connectivity index (χ2v) is 8.58. The van der Waals surface area contributed by atoms with Crippen molar-refractivity contribution in [2.45, 2.75) is 11.5 Å². The van der Waals surface area contributed by atoms with Crippen LogP contribution in [0.5, 0.6) is 5.75 Å². The van der Waals surface area contributed by atoms with Gasteiger partial charge in [0.2, 0.25) is 10.0 Å². The van der Waals surface area contributed by atoms with Gasteiger partial charge in [-0.15, -0.1) is 11.3 Å². The molecule has 0 bridgehead atoms. The van der Waals surface area contributed by atoms with E-state index in [1.165, 1.54) is 38.4 Å². The Hall–Kier alpha value is -2.68. The van der Waals surface area contributed by atoms with E-state index < -0.39 is 16.0 Å². The first-order valence-electron chi connectivity index (χ1n) is 8.36. The van der Waals surface area contributed by atoms with Crippen LogP contribution in [0.2, 0.25) is 0 Å². The summed E-state index contributed by atoms with van der Waals surface area (Å²) in [7, 11) is -0.970. The van der Waals surface area contributed by atoms with E-state index in [1.54, 1.807) is 17.4 Å². The first kappa shape index (κ1) is 20.1. The lowest BCUT2D eigenvalue weighted by molar-refractivity contribution is -0.138. The smallest absolute Gasteiger partial charge is 0.331 e. The molecule has 2 aromatic carbocycles. The minimum absolute atomic E-state index is 0.00207. The van der Waals surface area contributed by atoms with Crippen molar-refractivity contribution in [2.75, 3.05) is 14.2 Å². The fourth-order valence-corrected chi connectivity index (χ4v) is 4.50. The van der Waals surface area contributed by atoms with E-state index in [-0.39, 0.29) is 17.3 Å². The second-order valence-electron chi connectivity index (χ2n) is 5.82. The number of hydrogen-bond acceptors (Lipinski definition) is 6. The van der Waals surface area contributed by atoms with Gasteiger partial charge < -0.3 is 9.47 Å². The number of carbonyl (C=O) groups excluding carboxylic acids is 1. The predicted octanol–water partition coefficient (Wildman–Crippen LogP) is 3.57. The summed E-state index contributed by atoms with van der Waals surface area (Å²) >= 11 is 1.60. The van der Waals surface area contributed by atoms with Crippen LogP contribution in [0, 0.1) is 0 Å². The van der Waals surface area contributed by atoms with Gasteiger partial charge in [-0.3, -0.25) is 0 Å². The zero-order chi connectivity index (χ0) is 20.1. The molecule has 1 aromatic heterocycles. The highest BCUT2D eigenvalue weighted by Crippen LogP contribution is 2.27. The molecule has 1 heterocycles. The van der Waals surface area contributed by atoms with Crippen LogP contribution in [0.4, 0.5) is 0 Å². The van der Waals surface area contributed by atoms with Gasteiger partial charge in [0.05, 0.1) is 7.11 Å². The highest BCUT2D eigenvalue weighted by Gasteiger charge is 2.17. The van der Waals surface area contributed by atoms with Crippen LogP contribution in [-0.2, 0) is 26.2 Å². The van der Waals surface area contributed by atoms with Crippen LogP contribution >= 0.6 is 11.3 Å². The number of methoxy groups -OCH3 is 1. The zero-order valence-electron chi connectivity index (χ0n) is 15.3. The van der Waals surface area contributed by atoms with Crippen molar-refractivity contribution >= 4 is 43.5 Å². The van der Waals surface area contributed by atoms with Gasteiger partial charge in [-0.25, -0.2) is 17.9 Å². The summed E-state index contributed by atoms with van der Waals surface area (Å²) in [5.41, 5.74) is 1.49. The van der Waals surface area contributed by atoms with Crippen molar-refractivity contribution in [3.63, 3.8) is 0 Å². The largest absolute Gasteiger partial charge is 0.495 e. The minimum Gasteiger partial charge on any atom is -0.495 e. The van der Waals surface area contributed by atoms with Crippen LogP contribution in [0.3, 0.4) is 0 Å². The van der Waals surface area contributed by atoms with Crippen LogP contribution in [-0.4, -0.2) is 28.5 Å². The third-order valence-electron chi connectivity index (χ3n) is 4.09. The quantitative estimate of drug-likeness (QED) is 0.469. The van der Waals surface area contributed by atoms with E-state index >= 15 is 0 Å². The number of ether oxygens (including phenoxy) is 2. The number of thiophene rings is 1. The summed E-state index contributed by atoms with van der Waals surface area (Å²) in [6.45, 7) is 0.176. The van der Waals surface area contributed by atoms with Crippen molar-refractivity contribution in [1.29, 1.82) is 0 Å². The fourth-order valence-electron chi connectivity index (χ4n) is 2.62. The Bertz CT molecular complexity index is 1130. The number of sulfonamides is 1. The molecule has 0 spiro atoms. The van der Waals surface area contributed by atoms with Crippen molar-refractivity contribution in [3.05, 3.63) is 65.0 Å². The lowest BCUT2D eigenvalue weighted by Gasteiger charge is -2.09. The predicted molar refractivity (Wildman–Crippen MR) is 110 cm³/mol. The molecule has 0 unspecified atom stereocenters. The monoisotopic (exact) mass is 417 g/mol. The zero-order valence-corrected chi connectivity index (χ0v) is 17.0. The molecule has 3 aromatic rings. The van der Waals surface area contributed by atoms with Gasteiger partial charge in [0.1, 0.15) is 17.3 Å². The van der Waals surface area contributed by atoms with Crippen LogP contribution in [0.1, 0.15) is 11.1 Å². The third-order valence-corrected chi connectivity index (χ3v) is 6.54. The summed E-state index contributed by atoms with van der Waals surface area (Å²) in [6, 6.07) is 12.5. The maximum atomic E-state index is 12.1. The van der Waals surface area contributed by atoms with Gasteiger partial charge in [-0.2, -0.15) is 0 Å². The Morgan fingerprint density at radius 1 is 1.21 bits per heavy atom. The summed E-state index contributed by atoms with van der Waals surface area (Å²) < 4.78 is 38.0. The van der Waals surface area contributed by atoms with E-state index in [0.717, 1.165) is 15.6 Å². The molecule has 6 nitrogen and oxygen atoms in total. The van der Waals surface area contributed by atoms with E-state index in [1.807, 2.05) is 29.6 Å². The molecule has 0 atom stereocenters. The lowest BCUT2D eigenvalue weighted by atomic mass is 10.2. The molecule has 0 aliphatic heterocycles. The molecular formula is C20H19NO5S2. The third kappa shape index (κ3) is 4.41. The topological polar surface area (TPSA) is 81.7 Å². The van der Waals surface area contributed by atoms with Gasteiger partial charge >= 0.3 is 5.97 Å². The number of nitrogens with one attached hydrogen (secondary N) is 1. The Balaban J connectivity index is 1.71. The number of esters is 1. The van der Waals surface area contributed by atoms with Gasteiger partial charge in [0, 0.05) is 16.3 Å². The van der Waals surface area contributed by atoms with Crippen LogP contribution in [0.15, 0.2) is 58.8 Å². The molecule has 0 radical (unpaired) electrons. The first-order valence-corrected chi connectivity index (χ1v) is 10.7. The van der Waals surface area contributed by atoms with Crippen molar-refractivity contribution in [1.82, 2.24) is 4.72 Å². The number of carbonyl (C=O) groups is 1. The van der Waals surface area contributed by atoms with Gasteiger partial charge in [-0.1, -0.05) is 24.3 Å². The average molecular weight is 418 g/mol. The number of rotatable bonds is 7. The molecule has 0 aliphatic carbocycles. The molecule has 0 saturated carbocycles. The van der Waals surface area contributed by atoms with E-state index in [0.29, 0.717) is 5.56 Å². The molecule has 0 saturated heterocycles.